The number of amides is 1. The summed E-state index contributed by atoms with van der Waals surface area (Å²) >= 11 is 7.83. The molecule has 1 atom stereocenters. The fourth-order valence-corrected chi connectivity index (χ4v) is 4.77. The third kappa shape index (κ3) is 3.28. The molecule has 126 valence electrons. The van der Waals surface area contributed by atoms with E-state index in [1.807, 2.05) is 29.5 Å². The first-order valence-corrected chi connectivity index (χ1v) is 9.68. The average Bonchev–Trinajstić information content (AvgIpc) is 3.17. The molecule has 0 fully saturated rings. The first-order chi connectivity index (χ1) is 11.7. The lowest BCUT2D eigenvalue weighted by atomic mass is 10.0. The summed E-state index contributed by atoms with van der Waals surface area (Å²) in [6.45, 7) is 0.639. The molecule has 2 N–H and O–H groups in total. The van der Waals surface area contributed by atoms with Gasteiger partial charge in [0, 0.05) is 35.0 Å². The molecular weight excluding hydrogens is 342 g/mol. The van der Waals surface area contributed by atoms with Crippen LogP contribution in [0.15, 0.2) is 18.2 Å². The van der Waals surface area contributed by atoms with E-state index < -0.39 is 0 Å². The zero-order chi connectivity index (χ0) is 16.5. The Morgan fingerprint density at radius 3 is 3.12 bits per heavy atom. The minimum Gasteiger partial charge on any atom is -0.373 e. The fourth-order valence-electron chi connectivity index (χ4n) is 3.42. The zero-order valence-corrected chi connectivity index (χ0v) is 15.0. The molecule has 1 amide bonds. The van der Waals surface area contributed by atoms with Crippen molar-refractivity contribution in [1.29, 1.82) is 0 Å². The molecule has 2 aliphatic rings. The van der Waals surface area contributed by atoms with Crippen LogP contribution in [0.3, 0.4) is 0 Å². The Hall–Kier alpha value is -1.59. The molecule has 0 spiro atoms. The third-order valence-electron chi connectivity index (χ3n) is 4.67. The molecule has 24 heavy (non-hydrogen) atoms. The van der Waals surface area contributed by atoms with Crippen molar-refractivity contribution in [1.82, 2.24) is 10.3 Å². The van der Waals surface area contributed by atoms with Crippen LogP contribution >= 0.6 is 22.9 Å². The van der Waals surface area contributed by atoms with Crippen LogP contribution in [0.1, 0.15) is 34.0 Å². The summed E-state index contributed by atoms with van der Waals surface area (Å²) in [5.74, 6) is 0.0450. The fraction of sp³-hybridized carbons (Fsp3) is 0.444. The van der Waals surface area contributed by atoms with Crippen LogP contribution < -0.4 is 10.6 Å². The lowest BCUT2D eigenvalue weighted by Gasteiger charge is -2.11. The molecule has 4 rings (SSSR count). The second kappa shape index (κ2) is 6.73. The number of thiazole rings is 1. The van der Waals surface area contributed by atoms with Crippen LogP contribution in [-0.2, 0) is 30.5 Å². The highest BCUT2D eigenvalue weighted by Crippen LogP contribution is 2.29. The van der Waals surface area contributed by atoms with Gasteiger partial charge in [0.2, 0.25) is 5.91 Å². The molecule has 0 radical (unpaired) electrons. The maximum atomic E-state index is 12.4. The number of nitrogens with zero attached hydrogens (tertiary/aromatic N) is 1. The second-order valence-electron chi connectivity index (χ2n) is 6.43. The Kier molecular flexibility index (Phi) is 4.46. The van der Waals surface area contributed by atoms with E-state index in [4.69, 9.17) is 16.6 Å². The van der Waals surface area contributed by atoms with Crippen LogP contribution in [-0.4, -0.2) is 23.5 Å². The van der Waals surface area contributed by atoms with E-state index in [9.17, 15) is 4.79 Å². The first-order valence-electron chi connectivity index (χ1n) is 8.49. The number of benzene rings is 1. The number of aromatic nitrogens is 1. The van der Waals surface area contributed by atoms with Crippen LogP contribution in [0.4, 0.5) is 5.69 Å². The van der Waals surface area contributed by atoms with Crippen LogP contribution in [0, 0.1) is 0 Å². The summed E-state index contributed by atoms with van der Waals surface area (Å²) in [4.78, 5) is 18.5. The SMILES string of the molecule is O=C(NCCc1nc2c(s1)CCCC2)C1Cc2cc(Cl)ccc2N1. The van der Waals surface area contributed by atoms with E-state index in [-0.39, 0.29) is 11.9 Å². The van der Waals surface area contributed by atoms with Crippen LogP contribution in [0.25, 0.3) is 0 Å². The van der Waals surface area contributed by atoms with Gasteiger partial charge in [0.25, 0.3) is 0 Å². The molecule has 2 aromatic rings. The minimum atomic E-state index is -0.206. The van der Waals surface area contributed by atoms with E-state index in [1.165, 1.54) is 29.8 Å². The van der Waals surface area contributed by atoms with Crippen molar-refractivity contribution >= 4 is 34.5 Å². The van der Waals surface area contributed by atoms with E-state index >= 15 is 0 Å². The molecule has 2 heterocycles. The standard InChI is InChI=1S/C18H20ClN3OS/c19-12-5-6-13-11(9-12)10-15(21-13)18(23)20-8-7-17-22-14-3-1-2-4-16(14)24-17/h5-6,9,15,21H,1-4,7-8,10H2,(H,20,23). The van der Waals surface area contributed by atoms with Gasteiger partial charge in [-0.2, -0.15) is 0 Å². The van der Waals surface area contributed by atoms with E-state index in [0.717, 1.165) is 29.1 Å². The van der Waals surface area contributed by atoms with Crippen molar-refractivity contribution in [2.24, 2.45) is 0 Å². The number of hydrogen-bond donors (Lipinski definition) is 2. The van der Waals surface area contributed by atoms with Gasteiger partial charge in [-0.1, -0.05) is 11.6 Å². The predicted octanol–water partition coefficient (Wildman–Crippen LogP) is 3.37. The lowest BCUT2D eigenvalue weighted by Crippen LogP contribution is -2.39. The Bertz CT molecular complexity index is 750. The molecule has 1 aromatic carbocycles. The number of fused-ring (bicyclic) bond motifs is 2. The Morgan fingerprint density at radius 1 is 1.38 bits per heavy atom. The quantitative estimate of drug-likeness (QED) is 0.877. The van der Waals surface area contributed by atoms with E-state index in [1.54, 1.807) is 0 Å². The van der Waals surface area contributed by atoms with Crippen LogP contribution in [0.5, 0.6) is 0 Å². The Morgan fingerprint density at radius 2 is 2.25 bits per heavy atom. The van der Waals surface area contributed by atoms with Gasteiger partial charge >= 0.3 is 0 Å². The minimum absolute atomic E-state index is 0.0450. The maximum absolute atomic E-state index is 12.4. The van der Waals surface area contributed by atoms with Crippen molar-refractivity contribution < 1.29 is 4.79 Å². The summed E-state index contributed by atoms with van der Waals surface area (Å²) < 4.78 is 0. The van der Waals surface area contributed by atoms with Gasteiger partial charge in [0.15, 0.2) is 0 Å². The van der Waals surface area contributed by atoms with Crippen molar-refractivity contribution in [3.63, 3.8) is 0 Å². The molecule has 0 bridgehead atoms. The van der Waals surface area contributed by atoms with Gasteiger partial charge in [0.05, 0.1) is 10.7 Å². The van der Waals surface area contributed by atoms with E-state index in [0.29, 0.717) is 18.0 Å². The van der Waals surface area contributed by atoms with Gasteiger partial charge in [-0.15, -0.1) is 11.3 Å². The summed E-state index contributed by atoms with van der Waals surface area (Å²) in [5, 5.41) is 8.16. The molecule has 6 heteroatoms. The highest BCUT2D eigenvalue weighted by molar-refractivity contribution is 7.11. The third-order valence-corrected chi connectivity index (χ3v) is 6.12. The molecule has 1 aromatic heterocycles. The molecule has 1 aliphatic carbocycles. The number of carbonyl (C=O) groups is 1. The van der Waals surface area contributed by atoms with Gasteiger partial charge < -0.3 is 10.6 Å². The molecule has 0 saturated carbocycles. The summed E-state index contributed by atoms with van der Waals surface area (Å²) in [6.07, 6.45) is 6.33. The monoisotopic (exact) mass is 361 g/mol. The number of nitrogens with one attached hydrogen (secondary N) is 2. The largest absolute Gasteiger partial charge is 0.373 e. The van der Waals surface area contributed by atoms with E-state index in [2.05, 4.69) is 10.6 Å². The van der Waals surface area contributed by atoms with Crippen molar-refractivity contribution in [3.8, 4) is 0 Å². The highest BCUT2D eigenvalue weighted by atomic mass is 35.5. The Labute approximate surface area is 150 Å². The molecule has 0 saturated heterocycles. The van der Waals surface area contributed by atoms with Crippen LogP contribution in [0.2, 0.25) is 5.02 Å². The number of hydrogen-bond acceptors (Lipinski definition) is 4. The average molecular weight is 362 g/mol. The molecule has 1 unspecified atom stereocenters. The van der Waals surface area contributed by atoms with Gasteiger partial charge in [-0.3, -0.25) is 4.79 Å². The first kappa shape index (κ1) is 15.9. The van der Waals surface area contributed by atoms with Crippen molar-refractivity contribution in [3.05, 3.63) is 44.4 Å². The number of rotatable bonds is 4. The lowest BCUT2D eigenvalue weighted by molar-refractivity contribution is -0.121. The topological polar surface area (TPSA) is 54.0 Å². The smallest absolute Gasteiger partial charge is 0.242 e. The number of carbonyl (C=O) groups excluding carboxylic acids is 1. The Balaban J connectivity index is 1.29. The predicted molar refractivity (Wildman–Crippen MR) is 98.0 cm³/mol. The number of halogens is 1. The summed E-state index contributed by atoms with van der Waals surface area (Å²) in [6, 6.07) is 5.50. The second-order valence-corrected chi connectivity index (χ2v) is 8.03. The highest BCUT2D eigenvalue weighted by Gasteiger charge is 2.26. The van der Waals surface area contributed by atoms with Crippen molar-refractivity contribution in [2.75, 3.05) is 11.9 Å². The normalized spacial score (nSPS) is 18.6. The number of aryl methyl sites for hydroxylation is 2. The summed E-state index contributed by atoms with van der Waals surface area (Å²) in [7, 11) is 0. The summed E-state index contributed by atoms with van der Waals surface area (Å²) in [5.41, 5.74) is 3.40. The van der Waals surface area contributed by atoms with Gasteiger partial charge in [-0.05, 0) is 49.4 Å². The molecule has 1 aliphatic heterocycles. The van der Waals surface area contributed by atoms with Gasteiger partial charge in [-0.25, -0.2) is 4.98 Å². The number of anilines is 1. The van der Waals surface area contributed by atoms with Gasteiger partial charge in [0.1, 0.15) is 6.04 Å². The maximum Gasteiger partial charge on any atom is 0.242 e. The molecule has 4 nitrogen and oxygen atoms in total. The van der Waals surface area contributed by atoms with Crippen molar-refractivity contribution in [2.45, 2.75) is 44.6 Å². The molecular formula is C18H20ClN3OS. The zero-order valence-electron chi connectivity index (χ0n) is 13.4.